The molecule has 0 spiro atoms. The summed E-state index contributed by atoms with van der Waals surface area (Å²) in [6.07, 6.45) is 1.62. The van der Waals surface area contributed by atoms with Crippen LogP contribution in [0.25, 0.3) is 11.0 Å². The van der Waals surface area contributed by atoms with Gasteiger partial charge >= 0.3 is 0 Å². The lowest BCUT2D eigenvalue weighted by molar-refractivity contribution is 0.462. The maximum atomic E-state index is 5.98. The van der Waals surface area contributed by atoms with E-state index in [9.17, 15) is 0 Å². The van der Waals surface area contributed by atoms with Crippen molar-refractivity contribution in [2.24, 2.45) is 0 Å². The van der Waals surface area contributed by atoms with Crippen molar-refractivity contribution < 1.29 is 4.74 Å². The zero-order chi connectivity index (χ0) is 13.2. The first-order valence-corrected chi connectivity index (χ1v) is 6.26. The number of fused-ring (bicyclic) bond motifs is 1. The minimum Gasteiger partial charge on any atom is -0.437 e. The zero-order valence-corrected chi connectivity index (χ0v) is 11.1. The van der Waals surface area contributed by atoms with E-state index in [1.165, 1.54) is 0 Å². The minimum absolute atomic E-state index is 0.473. The lowest BCUT2D eigenvalue weighted by Gasteiger charge is -2.06. The zero-order valence-electron chi connectivity index (χ0n) is 10.3. The molecule has 0 fully saturated rings. The first-order valence-electron chi connectivity index (χ1n) is 5.88. The van der Waals surface area contributed by atoms with Crippen LogP contribution < -0.4 is 4.74 Å². The van der Waals surface area contributed by atoms with Crippen LogP contribution in [0.1, 0.15) is 5.56 Å². The number of hydrogen-bond donors (Lipinski definition) is 0. The number of hydrogen-bond acceptors (Lipinski definition) is 3. The molecular weight excluding hydrogens is 260 g/mol. The summed E-state index contributed by atoms with van der Waals surface area (Å²) in [4.78, 5) is 8.71. The number of ether oxygens (including phenoxy) is 1. The number of nitrogens with zero attached hydrogens (tertiary/aromatic N) is 2. The molecule has 94 valence electrons. The monoisotopic (exact) mass is 270 g/mol. The van der Waals surface area contributed by atoms with Crippen LogP contribution in [0.4, 0.5) is 0 Å². The van der Waals surface area contributed by atoms with Crippen molar-refractivity contribution in [1.82, 2.24) is 9.97 Å². The van der Waals surface area contributed by atoms with Crippen molar-refractivity contribution in [3.05, 3.63) is 59.2 Å². The molecule has 0 saturated heterocycles. The molecule has 0 aliphatic carbocycles. The van der Waals surface area contributed by atoms with E-state index < -0.39 is 0 Å². The molecule has 0 saturated carbocycles. The molecule has 1 heterocycles. The predicted molar refractivity (Wildman–Crippen MR) is 75.8 cm³/mol. The van der Waals surface area contributed by atoms with Crippen molar-refractivity contribution in [2.45, 2.75) is 6.92 Å². The molecule has 0 bridgehead atoms. The van der Waals surface area contributed by atoms with Gasteiger partial charge in [-0.15, -0.1) is 0 Å². The van der Waals surface area contributed by atoms with Crippen molar-refractivity contribution >= 4 is 22.6 Å². The van der Waals surface area contributed by atoms with Gasteiger partial charge < -0.3 is 4.74 Å². The van der Waals surface area contributed by atoms with Crippen molar-refractivity contribution in [2.75, 3.05) is 0 Å². The number of halogens is 1. The lowest BCUT2D eigenvalue weighted by Crippen LogP contribution is -1.91. The molecule has 0 aliphatic rings. The summed E-state index contributed by atoms with van der Waals surface area (Å²) < 4.78 is 5.69. The third-order valence-corrected chi connectivity index (χ3v) is 3.20. The standard InChI is InChI=1S/C15H11ClN2O/c1-10-8-11(6-7-12(10)16)19-15-9-17-13-4-2-3-5-14(13)18-15/h2-9H,1H3. The van der Waals surface area contributed by atoms with Gasteiger partial charge in [0.1, 0.15) is 5.75 Å². The summed E-state index contributed by atoms with van der Waals surface area (Å²) in [5, 5.41) is 0.719. The Kier molecular flexibility index (Phi) is 3.05. The average molecular weight is 271 g/mol. The Morgan fingerprint density at radius 3 is 2.63 bits per heavy atom. The Balaban J connectivity index is 1.94. The molecule has 1 aromatic heterocycles. The quantitative estimate of drug-likeness (QED) is 0.693. The largest absolute Gasteiger partial charge is 0.437 e. The Bertz CT molecular complexity index is 743. The smallest absolute Gasteiger partial charge is 0.238 e. The van der Waals surface area contributed by atoms with E-state index >= 15 is 0 Å². The van der Waals surface area contributed by atoms with Crippen molar-refractivity contribution in [3.8, 4) is 11.6 Å². The third-order valence-electron chi connectivity index (χ3n) is 2.78. The summed E-state index contributed by atoms with van der Waals surface area (Å²) in [6.45, 7) is 1.93. The molecule has 3 rings (SSSR count). The van der Waals surface area contributed by atoms with E-state index in [2.05, 4.69) is 9.97 Å². The second kappa shape index (κ2) is 4.86. The molecule has 3 aromatic rings. The van der Waals surface area contributed by atoms with Crippen LogP contribution in [0.15, 0.2) is 48.7 Å². The number of rotatable bonds is 2. The molecular formula is C15H11ClN2O. The molecule has 0 amide bonds. The SMILES string of the molecule is Cc1cc(Oc2cnc3ccccc3n2)ccc1Cl. The van der Waals surface area contributed by atoms with E-state index in [0.717, 1.165) is 21.6 Å². The molecule has 4 heteroatoms. The van der Waals surface area contributed by atoms with Crippen LogP contribution in [0.3, 0.4) is 0 Å². The van der Waals surface area contributed by atoms with Gasteiger partial charge in [-0.2, -0.15) is 0 Å². The number of aromatic nitrogens is 2. The van der Waals surface area contributed by atoms with E-state index in [1.807, 2.05) is 43.3 Å². The van der Waals surface area contributed by atoms with Crippen LogP contribution in [-0.4, -0.2) is 9.97 Å². The highest BCUT2D eigenvalue weighted by Gasteiger charge is 2.03. The van der Waals surface area contributed by atoms with Gasteiger partial charge in [-0.3, -0.25) is 0 Å². The number of aryl methyl sites for hydroxylation is 1. The molecule has 0 radical (unpaired) electrons. The second-order valence-corrected chi connectivity index (χ2v) is 4.62. The summed E-state index contributed by atoms with van der Waals surface area (Å²) in [7, 11) is 0. The Morgan fingerprint density at radius 1 is 1.05 bits per heavy atom. The van der Waals surface area contributed by atoms with Crippen LogP contribution >= 0.6 is 11.6 Å². The van der Waals surface area contributed by atoms with Crippen molar-refractivity contribution in [3.63, 3.8) is 0 Å². The van der Waals surface area contributed by atoms with Gasteiger partial charge in [0.15, 0.2) is 0 Å². The third kappa shape index (κ3) is 2.51. The normalized spacial score (nSPS) is 10.6. The molecule has 2 aromatic carbocycles. The summed E-state index contributed by atoms with van der Waals surface area (Å²) in [5.74, 6) is 1.17. The molecule has 0 aliphatic heterocycles. The fraction of sp³-hybridized carbons (Fsp3) is 0.0667. The topological polar surface area (TPSA) is 35.0 Å². The number of para-hydroxylation sites is 2. The molecule has 0 N–H and O–H groups in total. The maximum absolute atomic E-state index is 5.98. The van der Waals surface area contributed by atoms with Crippen molar-refractivity contribution in [1.29, 1.82) is 0 Å². The minimum atomic E-state index is 0.473. The van der Waals surface area contributed by atoms with Gasteiger partial charge in [0, 0.05) is 5.02 Å². The van der Waals surface area contributed by atoms with Crippen LogP contribution in [0.5, 0.6) is 11.6 Å². The van der Waals surface area contributed by atoms with Crippen LogP contribution in [-0.2, 0) is 0 Å². The van der Waals surface area contributed by atoms with E-state index in [1.54, 1.807) is 12.3 Å². The molecule has 0 unspecified atom stereocenters. The van der Waals surface area contributed by atoms with E-state index in [4.69, 9.17) is 16.3 Å². The number of benzene rings is 2. The van der Waals surface area contributed by atoms with Gasteiger partial charge in [-0.25, -0.2) is 9.97 Å². The highest BCUT2D eigenvalue weighted by atomic mass is 35.5. The van der Waals surface area contributed by atoms with Crippen LogP contribution in [0, 0.1) is 6.92 Å². The molecule has 3 nitrogen and oxygen atoms in total. The maximum Gasteiger partial charge on any atom is 0.238 e. The van der Waals surface area contributed by atoms with Gasteiger partial charge in [-0.1, -0.05) is 23.7 Å². The van der Waals surface area contributed by atoms with E-state index in [0.29, 0.717) is 11.6 Å². The Hall–Kier alpha value is -2.13. The highest BCUT2D eigenvalue weighted by molar-refractivity contribution is 6.31. The fourth-order valence-corrected chi connectivity index (χ4v) is 1.91. The lowest BCUT2D eigenvalue weighted by atomic mass is 10.2. The summed E-state index contributed by atoms with van der Waals surface area (Å²) in [6, 6.07) is 13.2. The first-order chi connectivity index (χ1) is 9.22. The molecule has 0 atom stereocenters. The van der Waals surface area contributed by atoms with Crippen LogP contribution in [0.2, 0.25) is 5.02 Å². The Morgan fingerprint density at radius 2 is 1.84 bits per heavy atom. The van der Waals surface area contributed by atoms with Gasteiger partial charge in [-0.05, 0) is 42.8 Å². The predicted octanol–water partition coefficient (Wildman–Crippen LogP) is 4.38. The first kappa shape index (κ1) is 11.9. The summed E-state index contributed by atoms with van der Waals surface area (Å²) in [5.41, 5.74) is 2.63. The highest BCUT2D eigenvalue weighted by Crippen LogP contribution is 2.25. The van der Waals surface area contributed by atoms with Gasteiger partial charge in [0.25, 0.3) is 0 Å². The van der Waals surface area contributed by atoms with E-state index in [-0.39, 0.29) is 0 Å². The van der Waals surface area contributed by atoms with Gasteiger partial charge in [0.05, 0.1) is 17.2 Å². The second-order valence-electron chi connectivity index (χ2n) is 4.21. The Labute approximate surface area is 115 Å². The summed E-state index contributed by atoms with van der Waals surface area (Å²) >= 11 is 5.98. The molecule has 19 heavy (non-hydrogen) atoms. The average Bonchev–Trinajstić information content (AvgIpc) is 2.43. The fourth-order valence-electron chi connectivity index (χ4n) is 1.79. The van der Waals surface area contributed by atoms with Gasteiger partial charge in [0.2, 0.25) is 5.88 Å².